The van der Waals surface area contributed by atoms with Crippen molar-refractivity contribution in [3.63, 3.8) is 0 Å². The third kappa shape index (κ3) is 6.88. The van der Waals surface area contributed by atoms with E-state index in [-0.39, 0.29) is 12.3 Å². The molecule has 0 rings (SSSR count). The second-order valence-corrected chi connectivity index (χ2v) is 3.24. The minimum Gasteiger partial charge on any atom is -0.480 e. The maximum atomic E-state index is 10.9. The van der Waals surface area contributed by atoms with Crippen LogP contribution in [0.25, 0.3) is 0 Å². The topological polar surface area (TPSA) is 95.5 Å². The lowest BCUT2D eigenvalue weighted by Gasteiger charge is -2.12. The summed E-state index contributed by atoms with van der Waals surface area (Å²) >= 11 is 0. The van der Waals surface area contributed by atoms with Gasteiger partial charge >= 0.3 is 5.97 Å². The van der Waals surface area contributed by atoms with Crippen molar-refractivity contribution >= 4 is 17.8 Å². The summed E-state index contributed by atoms with van der Waals surface area (Å²) in [6, 6.07) is -0.971. The molecule has 0 aliphatic carbocycles. The Morgan fingerprint density at radius 2 is 1.76 bits per heavy atom. The molecule has 0 aliphatic rings. The minimum absolute atomic E-state index is 0.229. The van der Waals surface area contributed by atoms with E-state index in [0.29, 0.717) is 13.0 Å². The van der Waals surface area contributed by atoms with Crippen molar-refractivity contribution in [2.45, 2.75) is 18.9 Å². The molecular weight excluding hydrogens is 224 g/mol. The molecule has 0 spiro atoms. The number of carbonyl (C=O) groups is 3. The zero-order chi connectivity index (χ0) is 13.3. The monoisotopic (exact) mass is 240 g/mol. The van der Waals surface area contributed by atoms with E-state index in [9.17, 15) is 14.4 Å². The third-order valence-electron chi connectivity index (χ3n) is 1.95. The highest BCUT2D eigenvalue weighted by Crippen LogP contribution is 1.97. The van der Waals surface area contributed by atoms with Gasteiger partial charge in [-0.2, -0.15) is 0 Å². The molecule has 0 saturated carbocycles. The molecule has 94 valence electrons. The fraction of sp³-hybridized carbons (Fsp3) is 0.364. The number of amides is 2. The van der Waals surface area contributed by atoms with Crippen LogP contribution >= 0.6 is 0 Å². The minimum atomic E-state index is -1.12. The molecule has 0 saturated heterocycles. The van der Waals surface area contributed by atoms with Crippen molar-refractivity contribution in [1.29, 1.82) is 0 Å². The summed E-state index contributed by atoms with van der Waals surface area (Å²) in [5.41, 5.74) is 0. The Morgan fingerprint density at radius 1 is 1.18 bits per heavy atom. The van der Waals surface area contributed by atoms with Gasteiger partial charge in [0.2, 0.25) is 11.8 Å². The van der Waals surface area contributed by atoms with Gasteiger partial charge < -0.3 is 15.7 Å². The number of hydrogen-bond donors (Lipinski definition) is 3. The standard InChI is InChI=1S/C11H16N2O4/c1-3-9(14)12-7-5-6-8(11(16)17)13-10(15)4-2/h3-4,8H,1-2,5-7H2,(H,12,14)(H,13,15)(H,16,17)/t8-/m0/s1. The maximum Gasteiger partial charge on any atom is 0.326 e. The second kappa shape index (κ2) is 8.09. The Bertz CT molecular complexity index is 325. The molecule has 0 aromatic carbocycles. The van der Waals surface area contributed by atoms with Gasteiger partial charge in [-0.25, -0.2) is 4.79 Å². The van der Waals surface area contributed by atoms with E-state index in [4.69, 9.17) is 5.11 Å². The van der Waals surface area contributed by atoms with Gasteiger partial charge in [-0.3, -0.25) is 9.59 Å². The Morgan fingerprint density at radius 3 is 2.24 bits per heavy atom. The molecule has 0 unspecified atom stereocenters. The number of aliphatic carboxylic acids is 1. The highest BCUT2D eigenvalue weighted by atomic mass is 16.4. The first-order valence-corrected chi connectivity index (χ1v) is 5.07. The van der Waals surface area contributed by atoms with Crippen LogP contribution in [0.5, 0.6) is 0 Å². The average Bonchev–Trinajstić information content (AvgIpc) is 2.31. The van der Waals surface area contributed by atoms with E-state index in [2.05, 4.69) is 23.8 Å². The van der Waals surface area contributed by atoms with Crippen molar-refractivity contribution in [2.75, 3.05) is 6.54 Å². The summed E-state index contributed by atoms with van der Waals surface area (Å²) in [5.74, 6) is -1.96. The molecule has 0 aromatic heterocycles. The van der Waals surface area contributed by atoms with E-state index in [1.807, 2.05) is 0 Å². The molecule has 6 nitrogen and oxygen atoms in total. The fourth-order valence-electron chi connectivity index (χ4n) is 1.08. The lowest BCUT2D eigenvalue weighted by molar-refractivity contribution is -0.141. The first kappa shape index (κ1) is 14.9. The van der Waals surface area contributed by atoms with Crippen LogP contribution in [0.4, 0.5) is 0 Å². The van der Waals surface area contributed by atoms with Gasteiger partial charge in [0, 0.05) is 6.54 Å². The lowest BCUT2D eigenvalue weighted by Crippen LogP contribution is -2.40. The van der Waals surface area contributed by atoms with Gasteiger partial charge in [0.05, 0.1) is 0 Å². The smallest absolute Gasteiger partial charge is 0.326 e. The molecule has 0 aliphatic heterocycles. The number of carbonyl (C=O) groups excluding carboxylic acids is 2. The van der Waals surface area contributed by atoms with E-state index < -0.39 is 17.9 Å². The summed E-state index contributed by atoms with van der Waals surface area (Å²) in [7, 11) is 0. The first-order valence-electron chi connectivity index (χ1n) is 5.07. The largest absolute Gasteiger partial charge is 0.480 e. The number of carboxylic acid groups (broad SMARTS) is 1. The van der Waals surface area contributed by atoms with E-state index in [1.165, 1.54) is 0 Å². The normalized spacial score (nSPS) is 11.1. The summed E-state index contributed by atoms with van der Waals surface area (Å²) in [6.07, 6.45) is 2.81. The SMILES string of the molecule is C=CC(=O)NCCC[C@H](NC(=O)C=C)C(=O)O. The molecule has 0 heterocycles. The zero-order valence-corrected chi connectivity index (χ0v) is 9.44. The quantitative estimate of drug-likeness (QED) is 0.405. The highest BCUT2D eigenvalue weighted by Gasteiger charge is 2.17. The van der Waals surface area contributed by atoms with Crippen molar-refractivity contribution in [3.8, 4) is 0 Å². The van der Waals surface area contributed by atoms with Crippen molar-refractivity contribution < 1.29 is 19.5 Å². The molecule has 0 radical (unpaired) electrons. The predicted octanol–water partition coefficient (Wildman–Crippen LogP) is -0.176. The number of carboxylic acids is 1. The van der Waals surface area contributed by atoms with Crippen molar-refractivity contribution in [2.24, 2.45) is 0 Å². The van der Waals surface area contributed by atoms with E-state index >= 15 is 0 Å². The Labute approximate surface area is 99.4 Å². The van der Waals surface area contributed by atoms with Crippen LogP contribution < -0.4 is 10.6 Å². The predicted molar refractivity (Wildman–Crippen MR) is 62.2 cm³/mol. The summed E-state index contributed by atoms with van der Waals surface area (Å²) in [6.45, 7) is 6.84. The van der Waals surface area contributed by atoms with Crippen LogP contribution in [-0.4, -0.2) is 35.5 Å². The van der Waals surface area contributed by atoms with Gasteiger partial charge in [0.15, 0.2) is 0 Å². The van der Waals surface area contributed by atoms with Crippen LogP contribution in [0.2, 0.25) is 0 Å². The van der Waals surface area contributed by atoms with Gasteiger partial charge in [-0.1, -0.05) is 13.2 Å². The maximum absolute atomic E-state index is 10.9. The number of nitrogens with one attached hydrogen (secondary N) is 2. The molecule has 17 heavy (non-hydrogen) atoms. The molecule has 0 aromatic rings. The van der Waals surface area contributed by atoms with Crippen LogP contribution in [-0.2, 0) is 14.4 Å². The van der Waals surface area contributed by atoms with Gasteiger partial charge in [-0.15, -0.1) is 0 Å². The molecule has 2 amide bonds. The molecule has 0 fully saturated rings. The second-order valence-electron chi connectivity index (χ2n) is 3.24. The number of rotatable bonds is 8. The Hall–Kier alpha value is -2.11. The molecule has 0 bridgehead atoms. The fourth-order valence-corrected chi connectivity index (χ4v) is 1.08. The molecule has 6 heteroatoms. The first-order chi connectivity index (χ1) is 8.01. The number of hydrogen-bond acceptors (Lipinski definition) is 3. The summed E-state index contributed by atoms with van der Waals surface area (Å²) in [5, 5.41) is 13.6. The van der Waals surface area contributed by atoms with Gasteiger partial charge in [0.25, 0.3) is 0 Å². The van der Waals surface area contributed by atoms with Crippen LogP contribution in [0, 0.1) is 0 Å². The summed E-state index contributed by atoms with van der Waals surface area (Å²) in [4.78, 5) is 32.5. The third-order valence-corrected chi connectivity index (χ3v) is 1.95. The van der Waals surface area contributed by atoms with Crippen molar-refractivity contribution in [3.05, 3.63) is 25.3 Å². The molecular formula is C11H16N2O4. The van der Waals surface area contributed by atoms with E-state index in [0.717, 1.165) is 12.2 Å². The van der Waals surface area contributed by atoms with Crippen LogP contribution in [0.1, 0.15) is 12.8 Å². The zero-order valence-electron chi connectivity index (χ0n) is 9.44. The van der Waals surface area contributed by atoms with Crippen LogP contribution in [0.3, 0.4) is 0 Å². The van der Waals surface area contributed by atoms with Crippen molar-refractivity contribution in [1.82, 2.24) is 10.6 Å². The molecule has 3 N–H and O–H groups in total. The van der Waals surface area contributed by atoms with Gasteiger partial charge in [-0.05, 0) is 25.0 Å². The molecule has 1 atom stereocenters. The summed E-state index contributed by atoms with van der Waals surface area (Å²) < 4.78 is 0. The average molecular weight is 240 g/mol. The Kier molecular flexibility index (Phi) is 7.09. The van der Waals surface area contributed by atoms with Gasteiger partial charge in [0.1, 0.15) is 6.04 Å². The highest BCUT2D eigenvalue weighted by molar-refractivity contribution is 5.90. The lowest BCUT2D eigenvalue weighted by atomic mass is 10.1. The van der Waals surface area contributed by atoms with Crippen LogP contribution in [0.15, 0.2) is 25.3 Å². The van der Waals surface area contributed by atoms with E-state index in [1.54, 1.807) is 0 Å². The Balaban J connectivity index is 3.97.